The fourth-order valence-electron chi connectivity index (χ4n) is 1.62. The second-order valence-corrected chi connectivity index (χ2v) is 4.42. The van der Waals surface area contributed by atoms with Crippen LogP contribution in [0, 0.1) is 0 Å². The van der Waals surface area contributed by atoms with Crippen LogP contribution >= 0.6 is 0 Å². The van der Waals surface area contributed by atoms with Gasteiger partial charge in [0.15, 0.2) is 0 Å². The van der Waals surface area contributed by atoms with E-state index in [1.165, 1.54) is 12.0 Å². The largest absolute Gasteiger partial charge is 0.315 e. The molecule has 0 saturated carbocycles. The molecule has 0 radical (unpaired) electrons. The van der Waals surface area contributed by atoms with Crippen LogP contribution < -0.4 is 5.32 Å². The summed E-state index contributed by atoms with van der Waals surface area (Å²) in [7, 11) is 0. The van der Waals surface area contributed by atoms with E-state index in [9.17, 15) is 0 Å². The zero-order valence-corrected chi connectivity index (χ0v) is 10.3. The van der Waals surface area contributed by atoms with Gasteiger partial charge in [-0.15, -0.1) is 0 Å². The summed E-state index contributed by atoms with van der Waals surface area (Å²) >= 11 is 0. The zero-order valence-electron chi connectivity index (χ0n) is 10.3. The number of hydrogen-bond acceptors (Lipinski definition) is 2. The molecular weight excluding hydrogens is 186 g/mol. The van der Waals surface area contributed by atoms with Gasteiger partial charge in [-0.1, -0.05) is 6.92 Å². The van der Waals surface area contributed by atoms with Crippen LogP contribution in [-0.2, 0) is 6.42 Å². The molecule has 15 heavy (non-hydrogen) atoms. The topological polar surface area (TPSA) is 29.9 Å². The maximum atomic E-state index is 4.34. The van der Waals surface area contributed by atoms with Gasteiger partial charge in [0.25, 0.3) is 0 Å². The number of aryl methyl sites for hydroxylation is 1. The highest BCUT2D eigenvalue weighted by Crippen LogP contribution is 2.08. The summed E-state index contributed by atoms with van der Waals surface area (Å²) in [5, 5.41) is 7.75. The molecule has 0 saturated heterocycles. The van der Waals surface area contributed by atoms with Crippen LogP contribution in [0.2, 0.25) is 0 Å². The average Bonchev–Trinajstić information content (AvgIpc) is 2.63. The van der Waals surface area contributed by atoms with Crippen LogP contribution in [0.1, 0.15) is 45.7 Å². The molecule has 86 valence electrons. The standard InChI is InChI=1S/C12H23N3/c1-5-13-11(4)6-7-12-8-14-15(9-12)10(2)3/h8-11,13H,5-7H2,1-4H3. The van der Waals surface area contributed by atoms with E-state index in [-0.39, 0.29) is 0 Å². The highest BCUT2D eigenvalue weighted by atomic mass is 15.3. The molecule has 1 heterocycles. The molecule has 1 unspecified atom stereocenters. The predicted octanol–water partition coefficient (Wildman–Crippen LogP) is 2.39. The molecule has 3 nitrogen and oxygen atoms in total. The van der Waals surface area contributed by atoms with E-state index in [0.717, 1.165) is 13.0 Å². The lowest BCUT2D eigenvalue weighted by molar-refractivity contribution is 0.525. The Morgan fingerprint density at radius 2 is 2.13 bits per heavy atom. The van der Waals surface area contributed by atoms with Gasteiger partial charge in [-0.25, -0.2) is 0 Å². The van der Waals surface area contributed by atoms with E-state index in [4.69, 9.17) is 0 Å². The number of nitrogens with zero attached hydrogens (tertiary/aromatic N) is 2. The van der Waals surface area contributed by atoms with Crippen LogP contribution in [0.15, 0.2) is 12.4 Å². The van der Waals surface area contributed by atoms with Crippen molar-refractivity contribution in [1.29, 1.82) is 0 Å². The van der Waals surface area contributed by atoms with Gasteiger partial charge in [-0.2, -0.15) is 5.10 Å². The third-order valence-corrected chi connectivity index (χ3v) is 2.60. The van der Waals surface area contributed by atoms with Gasteiger partial charge in [0, 0.05) is 18.3 Å². The molecule has 1 aromatic heterocycles. The van der Waals surface area contributed by atoms with Gasteiger partial charge < -0.3 is 5.32 Å². The van der Waals surface area contributed by atoms with E-state index in [1.807, 2.05) is 10.9 Å². The van der Waals surface area contributed by atoms with Gasteiger partial charge >= 0.3 is 0 Å². The molecule has 0 aromatic carbocycles. The van der Waals surface area contributed by atoms with Crippen molar-refractivity contribution in [2.75, 3.05) is 6.54 Å². The quantitative estimate of drug-likeness (QED) is 0.779. The zero-order chi connectivity index (χ0) is 11.3. The Morgan fingerprint density at radius 1 is 1.40 bits per heavy atom. The molecule has 0 aliphatic heterocycles. The summed E-state index contributed by atoms with van der Waals surface area (Å²) < 4.78 is 2.02. The van der Waals surface area contributed by atoms with Gasteiger partial charge in [0.2, 0.25) is 0 Å². The smallest absolute Gasteiger partial charge is 0.0521 e. The summed E-state index contributed by atoms with van der Waals surface area (Å²) in [5.41, 5.74) is 1.34. The van der Waals surface area contributed by atoms with Crippen molar-refractivity contribution >= 4 is 0 Å². The van der Waals surface area contributed by atoms with Crippen LogP contribution in [0.5, 0.6) is 0 Å². The van der Waals surface area contributed by atoms with Gasteiger partial charge in [-0.3, -0.25) is 4.68 Å². The molecule has 0 amide bonds. The van der Waals surface area contributed by atoms with E-state index < -0.39 is 0 Å². The molecule has 0 aliphatic carbocycles. The molecule has 1 rings (SSSR count). The summed E-state index contributed by atoms with van der Waals surface area (Å²) in [6.45, 7) is 9.73. The first-order valence-corrected chi connectivity index (χ1v) is 5.90. The average molecular weight is 209 g/mol. The number of nitrogens with one attached hydrogen (secondary N) is 1. The highest BCUT2D eigenvalue weighted by molar-refractivity contribution is 5.04. The summed E-state index contributed by atoms with van der Waals surface area (Å²) in [6.07, 6.45) is 6.43. The van der Waals surface area contributed by atoms with E-state index in [0.29, 0.717) is 12.1 Å². The first kappa shape index (κ1) is 12.2. The van der Waals surface area contributed by atoms with Gasteiger partial charge in [-0.05, 0) is 45.7 Å². The first-order chi connectivity index (χ1) is 7.13. The molecule has 1 aromatic rings. The monoisotopic (exact) mass is 209 g/mol. The van der Waals surface area contributed by atoms with Crippen molar-refractivity contribution < 1.29 is 0 Å². The second-order valence-electron chi connectivity index (χ2n) is 4.42. The predicted molar refractivity (Wildman–Crippen MR) is 64.1 cm³/mol. The van der Waals surface area contributed by atoms with Crippen molar-refractivity contribution in [3.63, 3.8) is 0 Å². The fourth-order valence-corrected chi connectivity index (χ4v) is 1.62. The Hall–Kier alpha value is -0.830. The highest BCUT2D eigenvalue weighted by Gasteiger charge is 2.04. The SMILES string of the molecule is CCNC(C)CCc1cnn(C(C)C)c1. The Kier molecular flexibility index (Phi) is 4.82. The van der Waals surface area contributed by atoms with E-state index >= 15 is 0 Å². The summed E-state index contributed by atoms with van der Waals surface area (Å²) in [6, 6.07) is 1.06. The van der Waals surface area contributed by atoms with Crippen molar-refractivity contribution in [1.82, 2.24) is 15.1 Å². The van der Waals surface area contributed by atoms with Gasteiger partial charge in [0.05, 0.1) is 6.20 Å². The first-order valence-electron chi connectivity index (χ1n) is 5.90. The minimum absolute atomic E-state index is 0.463. The normalized spacial score (nSPS) is 13.4. The van der Waals surface area contributed by atoms with Crippen molar-refractivity contribution in [2.24, 2.45) is 0 Å². The van der Waals surface area contributed by atoms with Crippen molar-refractivity contribution in [3.8, 4) is 0 Å². The molecule has 0 spiro atoms. The Labute approximate surface area is 92.9 Å². The van der Waals surface area contributed by atoms with Crippen LogP contribution in [-0.4, -0.2) is 22.4 Å². The van der Waals surface area contributed by atoms with Crippen molar-refractivity contribution in [2.45, 2.75) is 52.6 Å². The molecular formula is C12H23N3. The summed E-state index contributed by atoms with van der Waals surface area (Å²) in [5.74, 6) is 0. The maximum Gasteiger partial charge on any atom is 0.0521 e. The van der Waals surface area contributed by atoms with Crippen LogP contribution in [0.3, 0.4) is 0 Å². The number of hydrogen-bond donors (Lipinski definition) is 1. The molecule has 0 aliphatic rings. The molecule has 3 heteroatoms. The minimum Gasteiger partial charge on any atom is -0.315 e. The molecule has 1 N–H and O–H groups in total. The Morgan fingerprint density at radius 3 is 2.67 bits per heavy atom. The molecule has 0 bridgehead atoms. The lowest BCUT2D eigenvalue weighted by atomic mass is 10.1. The molecule has 0 fully saturated rings. The lowest BCUT2D eigenvalue weighted by Crippen LogP contribution is -2.25. The third-order valence-electron chi connectivity index (χ3n) is 2.60. The van der Waals surface area contributed by atoms with Crippen LogP contribution in [0.4, 0.5) is 0 Å². The Bertz CT molecular complexity index is 278. The van der Waals surface area contributed by atoms with E-state index in [1.54, 1.807) is 0 Å². The minimum atomic E-state index is 0.463. The maximum absolute atomic E-state index is 4.34. The Balaban J connectivity index is 2.37. The van der Waals surface area contributed by atoms with Crippen molar-refractivity contribution in [3.05, 3.63) is 18.0 Å². The lowest BCUT2D eigenvalue weighted by Gasteiger charge is -2.10. The fraction of sp³-hybridized carbons (Fsp3) is 0.750. The van der Waals surface area contributed by atoms with Crippen LogP contribution in [0.25, 0.3) is 0 Å². The molecule has 1 atom stereocenters. The number of aromatic nitrogens is 2. The third kappa shape index (κ3) is 4.04. The van der Waals surface area contributed by atoms with E-state index in [2.05, 4.69) is 44.3 Å². The number of rotatable bonds is 6. The summed E-state index contributed by atoms with van der Waals surface area (Å²) in [4.78, 5) is 0. The second kappa shape index (κ2) is 5.91. The van der Waals surface area contributed by atoms with Gasteiger partial charge in [0.1, 0.15) is 0 Å².